The topological polar surface area (TPSA) is 41.5 Å². The molecule has 3 nitrogen and oxygen atoms in total. The van der Waals surface area contributed by atoms with Gasteiger partial charge in [-0.15, -0.1) is 0 Å². The molecule has 2 rings (SSSR count). The maximum atomic E-state index is 12.4. The van der Waals surface area contributed by atoms with Crippen LogP contribution in [0.4, 0.5) is 0 Å². The average Bonchev–Trinajstić information content (AvgIpc) is 2.34. The number of nitrogens with one attached hydrogen (secondary N) is 1. The zero-order valence-electron chi connectivity index (χ0n) is 11.9. The zero-order chi connectivity index (χ0) is 14.0. The first-order chi connectivity index (χ1) is 8.99. The van der Waals surface area contributed by atoms with Gasteiger partial charge < -0.3 is 5.32 Å². The summed E-state index contributed by atoms with van der Waals surface area (Å²) < 4.78 is 0. The molecular weight excluding hydrogens is 236 g/mol. The number of carbonyl (C=O) groups excluding carboxylic acids is 1. The Balaban J connectivity index is 2.52. The van der Waals surface area contributed by atoms with E-state index in [2.05, 4.69) is 10.3 Å². The maximum absolute atomic E-state index is 12.4. The molecule has 1 aromatic rings. The Bertz CT molecular complexity index is 554. The average molecular weight is 256 g/mol. The summed E-state index contributed by atoms with van der Waals surface area (Å²) in [5.74, 6) is 0.0482. The van der Waals surface area contributed by atoms with Gasteiger partial charge in [0.2, 0.25) is 5.78 Å². The van der Waals surface area contributed by atoms with Crippen LogP contribution in [0, 0.1) is 0 Å². The van der Waals surface area contributed by atoms with Crippen LogP contribution in [-0.4, -0.2) is 23.6 Å². The predicted octanol–water partition coefficient (Wildman–Crippen LogP) is 2.96. The molecule has 1 aromatic carbocycles. The molecule has 3 heteroatoms. The SMILES string of the molecule is CC(C)N=C1C=C(NC(C)C)C(=O)c2ccccc21. The molecule has 0 aromatic heterocycles. The smallest absolute Gasteiger partial charge is 0.209 e. The molecule has 1 aliphatic rings. The number of hydrogen-bond donors (Lipinski definition) is 1. The van der Waals surface area contributed by atoms with Gasteiger partial charge in [-0.05, 0) is 33.8 Å². The molecule has 0 unspecified atom stereocenters. The molecule has 1 N–H and O–H groups in total. The number of ketones is 1. The van der Waals surface area contributed by atoms with Crippen LogP contribution in [0.2, 0.25) is 0 Å². The van der Waals surface area contributed by atoms with Crippen LogP contribution in [0.15, 0.2) is 41.0 Å². The fourth-order valence-corrected chi connectivity index (χ4v) is 2.13. The second-order valence-corrected chi connectivity index (χ2v) is 5.34. The van der Waals surface area contributed by atoms with Crippen molar-refractivity contribution in [3.63, 3.8) is 0 Å². The Hall–Kier alpha value is -1.90. The largest absolute Gasteiger partial charge is 0.380 e. The zero-order valence-corrected chi connectivity index (χ0v) is 11.9. The van der Waals surface area contributed by atoms with Gasteiger partial charge in [-0.25, -0.2) is 0 Å². The molecule has 0 aliphatic heterocycles. The summed E-state index contributed by atoms with van der Waals surface area (Å²) in [5, 5.41) is 3.21. The van der Waals surface area contributed by atoms with Crippen LogP contribution < -0.4 is 5.32 Å². The van der Waals surface area contributed by atoms with Crippen molar-refractivity contribution in [2.24, 2.45) is 4.99 Å². The minimum absolute atomic E-state index is 0.0482. The molecule has 0 heterocycles. The van der Waals surface area contributed by atoms with Crippen molar-refractivity contribution < 1.29 is 4.79 Å². The van der Waals surface area contributed by atoms with Gasteiger partial charge in [-0.3, -0.25) is 9.79 Å². The fourth-order valence-electron chi connectivity index (χ4n) is 2.13. The van der Waals surface area contributed by atoms with Crippen molar-refractivity contribution in [1.82, 2.24) is 5.32 Å². The van der Waals surface area contributed by atoms with E-state index in [4.69, 9.17) is 0 Å². The second kappa shape index (κ2) is 5.39. The molecule has 0 saturated carbocycles. The number of rotatable bonds is 3. The van der Waals surface area contributed by atoms with E-state index in [1.165, 1.54) is 0 Å². The summed E-state index contributed by atoms with van der Waals surface area (Å²) in [5.41, 5.74) is 3.17. The maximum Gasteiger partial charge on any atom is 0.209 e. The fraction of sp³-hybridized carbons (Fsp3) is 0.375. The molecular formula is C16H20N2O. The van der Waals surface area contributed by atoms with Gasteiger partial charge in [0, 0.05) is 23.2 Å². The lowest BCUT2D eigenvalue weighted by atomic mass is 9.91. The van der Waals surface area contributed by atoms with Gasteiger partial charge >= 0.3 is 0 Å². The Labute approximate surface area is 114 Å². The van der Waals surface area contributed by atoms with Gasteiger partial charge in [0.1, 0.15) is 0 Å². The third-order valence-electron chi connectivity index (χ3n) is 2.81. The highest BCUT2D eigenvalue weighted by Crippen LogP contribution is 2.21. The normalized spacial score (nSPS) is 16.8. The van der Waals surface area contributed by atoms with Crippen LogP contribution in [-0.2, 0) is 0 Å². The Morgan fingerprint density at radius 2 is 1.68 bits per heavy atom. The highest BCUT2D eigenvalue weighted by atomic mass is 16.1. The summed E-state index contributed by atoms with van der Waals surface area (Å²) >= 11 is 0. The molecule has 1 aliphatic carbocycles. The van der Waals surface area contributed by atoms with Crippen LogP contribution in [0.1, 0.15) is 43.6 Å². The highest BCUT2D eigenvalue weighted by molar-refractivity contribution is 6.26. The van der Waals surface area contributed by atoms with E-state index in [0.29, 0.717) is 5.70 Å². The monoisotopic (exact) mass is 256 g/mol. The van der Waals surface area contributed by atoms with Crippen molar-refractivity contribution in [1.29, 1.82) is 0 Å². The van der Waals surface area contributed by atoms with Crippen molar-refractivity contribution >= 4 is 11.5 Å². The lowest BCUT2D eigenvalue weighted by Gasteiger charge is -2.20. The van der Waals surface area contributed by atoms with E-state index in [1.54, 1.807) is 0 Å². The second-order valence-electron chi connectivity index (χ2n) is 5.34. The van der Waals surface area contributed by atoms with E-state index in [9.17, 15) is 4.79 Å². The Morgan fingerprint density at radius 1 is 1.05 bits per heavy atom. The number of nitrogens with zero attached hydrogens (tertiary/aromatic N) is 1. The van der Waals surface area contributed by atoms with Gasteiger partial charge in [0.05, 0.1) is 11.4 Å². The number of aliphatic imine (C=N–C) groups is 1. The van der Waals surface area contributed by atoms with Gasteiger partial charge in [0.15, 0.2) is 0 Å². The lowest BCUT2D eigenvalue weighted by Crippen LogP contribution is -2.31. The minimum atomic E-state index is 0.0482. The molecule has 0 bridgehead atoms. The Kier molecular flexibility index (Phi) is 3.84. The molecule has 0 spiro atoms. The first-order valence-electron chi connectivity index (χ1n) is 6.69. The van der Waals surface area contributed by atoms with Crippen molar-refractivity contribution in [3.8, 4) is 0 Å². The summed E-state index contributed by atoms with van der Waals surface area (Å²) in [6.45, 7) is 8.12. The predicted molar refractivity (Wildman–Crippen MR) is 78.8 cm³/mol. The van der Waals surface area contributed by atoms with Gasteiger partial charge in [0.25, 0.3) is 0 Å². The summed E-state index contributed by atoms with van der Waals surface area (Å²) in [6, 6.07) is 8.08. The quantitative estimate of drug-likeness (QED) is 0.903. The van der Waals surface area contributed by atoms with E-state index in [1.807, 2.05) is 58.0 Å². The molecule has 0 amide bonds. The molecule has 0 atom stereocenters. The van der Waals surface area contributed by atoms with E-state index < -0.39 is 0 Å². The molecule has 0 saturated heterocycles. The first kappa shape index (κ1) is 13.5. The summed E-state index contributed by atoms with van der Waals surface area (Å²) in [4.78, 5) is 17.0. The minimum Gasteiger partial charge on any atom is -0.380 e. The highest BCUT2D eigenvalue weighted by Gasteiger charge is 2.24. The molecule has 19 heavy (non-hydrogen) atoms. The first-order valence-corrected chi connectivity index (χ1v) is 6.69. The standard InChI is InChI=1S/C16H20N2O/c1-10(2)17-14-9-15(18-11(3)4)16(19)13-8-6-5-7-12(13)14/h5-11,18H,1-4H3. The molecule has 0 fully saturated rings. The van der Waals surface area contributed by atoms with Crippen molar-refractivity contribution in [2.45, 2.75) is 39.8 Å². The van der Waals surface area contributed by atoms with Crippen LogP contribution in [0.25, 0.3) is 0 Å². The number of allylic oxidation sites excluding steroid dienone is 2. The van der Waals surface area contributed by atoms with E-state index in [0.717, 1.165) is 16.8 Å². The molecule has 100 valence electrons. The van der Waals surface area contributed by atoms with Crippen LogP contribution in [0.3, 0.4) is 0 Å². The third-order valence-corrected chi connectivity index (χ3v) is 2.81. The van der Waals surface area contributed by atoms with Crippen LogP contribution >= 0.6 is 0 Å². The van der Waals surface area contributed by atoms with Gasteiger partial charge in [-0.2, -0.15) is 0 Å². The number of Topliss-reactive ketones (excluding diaryl/α,β-unsaturated/α-hetero) is 1. The van der Waals surface area contributed by atoms with Crippen LogP contribution in [0.5, 0.6) is 0 Å². The third kappa shape index (κ3) is 2.92. The van der Waals surface area contributed by atoms with Crippen molar-refractivity contribution in [2.75, 3.05) is 0 Å². The van der Waals surface area contributed by atoms with E-state index >= 15 is 0 Å². The lowest BCUT2D eigenvalue weighted by molar-refractivity contribution is 0.102. The summed E-state index contributed by atoms with van der Waals surface area (Å²) in [7, 11) is 0. The van der Waals surface area contributed by atoms with Crippen molar-refractivity contribution in [3.05, 3.63) is 47.2 Å². The van der Waals surface area contributed by atoms with E-state index in [-0.39, 0.29) is 17.9 Å². The number of hydrogen-bond acceptors (Lipinski definition) is 3. The number of carbonyl (C=O) groups is 1. The van der Waals surface area contributed by atoms with Gasteiger partial charge in [-0.1, -0.05) is 24.3 Å². The Morgan fingerprint density at radius 3 is 2.26 bits per heavy atom. The number of fused-ring (bicyclic) bond motifs is 1. The summed E-state index contributed by atoms with van der Waals surface area (Å²) in [6.07, 6.45) is 1.87. The molecule has 0 radical (unpaired) electrons. The number of benzene rings is 1.